The molecule has 0 bridgehead atoms. The topological polar surface area (TPSA) is 70.8 Å². The Kier molecular flexibility index (Phi) is 5.63. The van der Waals surface area contributed by atoms with Gasteiger partial charge in [-0.3, -0.25) is 0 Å². The third kappa shape index (κ3) is 4.96. The fraction of sp³-hybridized carbons (Fsp3) is 0.417. The van der Waals surface area contributed by atoms with Crippen LogP contribution in [0.25, 0.3) is 0 Å². The van der Waals surface area contributed by atoms with E-state index in [4.69, 9.17) is 15.2 Å². The predicted molar refractivity (Wildman–Crippen MR) is 64.6 cm³/mol. The van der Waals surface area contributed by atoms with Crippen molar-refractivity contribution in [1.29, 1.82) is 0 Å². The van der Waals surface area contributed by atoms with Crippen LogP contribution >= 0.6 is 0 Å². The fourth-order valence-electron chi connectivity index (χ4n) is 1.40. The molecule has 0 saturated heterocycles. The van der Waals surface area contributed by atoms with Crippen molar-refractivity contribution >= 4 is 11.7 Å². The molecule has 1 aromatic carbocycles. The lowest BCUT2D eigenvalue weighted by Crippen LogP contribution is -2.20. The Balaban J connectivity index is 2.46. The van der Waals surface area contributed by atoms with Crippen LogP contribution in [-0.2, 0) is 9.47 Å². The second-order valence-corrected chi connectivity index (χ2v) is 3.73. The van der Waals surface area contributed by atoms with Gasteiger partial charge in [0.1, 0.15) is 18.8 Å². The number of esters is 1. The average Bonchev–Trinajstić information content (AvgIpc) is 2.36. The molecule has 0 aliphatic heterocycles. The molecule has 20 heavy (non-hydrogen) atoms. The van der Waals surface area contributed by atoms with Gasteiger partial charge >= 0.3 is 12.1 Å². The van der Waals surface area contributed by atoms with Crippen molar-refractivity contribution in [2.75, 3.05) is 32.7 Å². The molecule has 0 unspecified atom stereocenters. The van der Waals surface area contributed by atoms with Crippen molar-refractivity contribution in [3.63, 3.8) is 0 Å². The summed E-state index contributed by atoms with van der Waals surface area (Å²) in [5.41, 5.74) is 5.97. The molecule has 0 aliphatic carbocycles. The SMILES string of the molecule is COc1c(N)cccc1C(=O)OCCOCC(F)(F)F. The maximum Gasteiger partial charge on any atom is 0.411 e. The molecule has 0 heterocycles. The third-order valence-corrected chi connectivity index (χ3v) is 2.20. The van der Waals surface area contributed by atoms with Gasteiger partial charge in [0.25, 0.3) is 0 Å². The van der Waals surface area contributed by atoms with Crippen LogP contribution in [0.2, 0.25) is 0 Å². The highest BCUT2D eigenvalue weighted by Crippen LogP contribution is 2.26. The van der Waals surface area contributed by atoms with Crippen LogP contribution in [0.1, 0.15) is 10.4 Å². The minimum Gasteiger partial charge on any atom is -0.494 e. The molecule has 0 aliphatic rings. The minimum atomic E-state index is -4.40. The number of ether oxygens (including phenoxy) is 3. The van der Waals surface area contributed by atoms with E-state index in [0.717, 1.165) is 0 Å². The lowest BCUT2D eigenvalue weighted by Gasteiger charge is -2.11. The van der Waals surface area contributed by atoms with Gasteiger partial charge in [-0.05, 0) is 12.1 Å². The number of hydrogen-bond acceptors (Lipinski definition) is 5. The lowest BCUT2D eigenvalue weighted by atomic mass is 10.2. The van der Waals surface area contributed by atoms with E-state index in [1.807, 2.05) is 0 Å². The van der Waals surface area contributed by atoms with E-state index in [9.17, 15) is 18.0 Å². The number of carbonyl (C=O) groups excluding carboxylic acids is 1. The fourth-order valence-corrected chi connectivity index (χ4v) is 1.40. The van der Waals surface area contributed by atoms with Crippen LogP contribution in [0.5, 0.6) is 5.75 Å². The molecule has 0 atom stereocenters. The highest BCUT2D eigenvalue weighted by atomic mass is 19.4. The quantitative estimate of drug-likeness (QED) is 0.493. The molecular weight excluding hydrogens is 279 g/mol. The van der Waals surface area contributed by atoms with Gasteiger partial charge in [0, 0.05) is 0 Å². The van der Waals surface area contributed by atoms with Crippen LogP contribution in [-0.4, -0.2) is 39.1 Å². The number of carbonyl (C=O) groups is 1. The first-order valence-electron chi connectivity index (χ1n) is 5.59. The lowest BCUT2D eigenvalue weighted by molar-refractivity contribution is -0.175. The number of nitrogen functional groups attached to an aromatic ring is 1. The van der Waals surface area contributed by atoms with Crippen LogP contribution in [0.15, 0.2) is 18.2 Å². The Morgan fingerprint density at radius 2 is 2.00 bits per heavy atom. The first-order valence-corrected chi connectivity index (χ1v) is 5.59. The van der Waals surface area contributed by atoms with E-state index >= 15 is 0 Å². The monoisotopic (exact) mass is 293 g/mol. The summed E-state index contributed by atoms with van der Waals surface area (Å²) in [6.45, 7) is -2.03. The first kappa shape index (κ1) is 16.1. The molecule has 0 fully saturated rings. The summed E-state index contributed by atoms with van der Waals surface area (Å²) >= 11 is 0. The van der Waals surface area contributed by atoms with Crippen LogP contribution in [0.4, 0.5) is 18.9 Å². The second-order valence-electron chi connectivity index (χ2n) is 3.73. The smallest absolute Gasteiger partial charge is 0.411 e. The third-order valence-electron chi connectivity index (χ3n) is 2.20. The van der Waals surface area contributed by atoms with Crippen molar-refractivity contribution in [2.24, 2.45) is 0 Å². The largest absolute Gasteiger partial charge is 0.494 e. The highest BCUT2D eigenvalue weighted by molar-refractivity contribution is 5.94. The Morgan fingerprint density at radius 1 is 1.30 bits per heavy atom. The number of anilines is 1. The van der Waals surface area contributed by atoms with Gasteiger partial charge < -0.3 is 19.9 Å². The van der Waals surface area contributed by atoms with Gasteiger partial charge in [-0.25, -0.2) is 4.79 Å². The van der Waals surface area contributed by atoms with Crippen molar-refractivity contribution in [3.05, 3.63) is 23.8 Å². The molecule has 0 radical (unpaired) electrons. The molecule has 0 aromatic heterocycles. The number of methoxy groups -OCH3 is 1. The highest BCUT2D eigenvalue weighted by Gasteiger charge is 2.27. The van der Waals surface area contributed by atoms with Crippen molar-refractivity contribution < 1.29 is 32.2 Å². The number of benzene rings is 1. The van der Waals surface area contributed by atoms with E-state index in [1.54, 1.807) is 6.07 Å². The molecule has 112 valence electrons. The predicted octanol–water partition coefficient (Wildman–Crippen LogP) is 2.01. The van der Waals surface area contributed by atoms with Gasteiger partial charge in [0.2, 0.25) is 0 Å². The molecule has 5 nitrogen and oxygen atoms in total. The van der Waals surface area contributed by atoms with Crippen LogP contribution < -0.4 is 10.5 Å². The van der Waals surface area contributed by atoms with Gasteiger partial charge in [0.15, 0.2) is 5.75 Å². The van der Waals surface area contributed by atoms with Crippen molar-refractivity contribution in [2.45, 2.75) is 6.18 Å². The summed E-state index contributed by atoms with van der Waals surface area (Å²) in [5.74, 6) is -0.585. The normalized spacial score (nSPS) is 11.2. The molecule has 1 rings (SSSR count). The molecule has 2 N–H and O–H groups in total. The molecule has 0 saturated carbocycles. The summed E-state index contributed by atoms with van der Waals surface area (Å²) in [5, 5.41) is 0. The van der Waals surface area contributed by atoms with Crippen LogP contribution in [0, 0.1) is 0 Å². The van der Waals surface area contributed by atoms with Gasteiger partial charge in [0.05, 0.1) is 19.4 Å². The van der Waals surface area contributed by atoms with Crippen molar-refractivity contribution in [1.82, 2.24) is 0 Å². The summed E-state index contributed by atoms with van der Waals surface area (Å²) in [7, 11) is 1.34. The average molecular weight is 293 g/mol. The molecule has 1 aromatic rings. The molecule has 0 spiro atoms. The van der Waals surface area contributed by atoms with E-state index in [-0.39, 0.29) is 30.2 Å². The molecule has 8 heteroatoms. The van der Waals surface area contributed by atoms with Crippen LogP contribution in [0.3, 0.4) is 0 Å². The standard InChI is InChI=1S/C12H14F3NO4/c1-18-10-8(3-2-4-9(10)16)11(17)20-6-5-19-7-12(13,14)15/h2-4H,5-7,16H2,1H3. The number of alkyl halides is 3. The Labute approximate surface area is 113 Å². The molecular formula is C12H14F3NO4. The minimum absolute atomic E-state index is 0.100. The summed E-state index contributed by atoms with van der Waals surface area (Å²) in [4.78, 5) is 11.7. The van der Waals surface area contributed by atoms with E-state index < -0.39 is 18.8 Å². The van der Waals surface area contributed by atoms with Crippen molar-refractivity contribution in [3.8, 4) is 5.75 Å². The Bertz CT molecular complexity index is 463. The van der Waals surface area contributed by atoms with E-state index in [2.05, 4.69) is 4.74 Å². The van der Waals surface area contributed by atoms with Gasteiger partial charge in [-0.15, -0.1) is 0 Å². The number of nitrogens with two attached hydrogens (primary N) is 1. The molecule has 0 amide bonds. The zero-order chi connectivity index (χ0) is 15.2. The second kappa shape index (κ2) is 6.99. The number of para-hydroxylation sites is 1. The van der Waals surface area contributed by atoms with E-state index in [1.165, 1.54) is 19.2 Å². The Hall–Kier alpha value is -1.96. The summed E-state index contributed by atoms with van der Waals surface area (Å²) in [6, 6.07) is 4.52. The zero-order valence-electron chi connectivity index (χ0n) is 10.7. The number of halogens is 3. The first-order chi connectivity index (χ1) is 9.35. The summed E-state index contributed by atoms with van der Waals surface area (Å²) in [6.07, 6.45) is -4.40. The summed E-state index contributed by atoms with van der Waals surface area (Å²) < 4.78 is 49.4. The Morgan fingerprint density at radius 3 is 2.60 bits per heavy atom. The maximum atomic E-state index is 11.8. The van der Waals surface area contributed by atoms with E-state index in [0.29, 0.717) is 0 Å². The number of hydrogen-bond donors (Lipinski definition) is 1. The number of rotatable bonds is 6. The van der Waals surface area contributed by atoms with Gasteiger partial charge in [-0.1, -0.05) is 6.07 Å². The maximum absolute atomic E-state index is 11.8. The zero-order valence-corrected chi connectivity index (χ0v) is 10.7. The van der Waals surface area contributed by atoms with Gasteiger partial charge in [-0.2, -0.15) is 13.2 Å².